The first-order chi connectivity index (χ1) is 15.9. The maximum atomic E-state index is 12.8. The zero-order valence-corrected chi connectivity index (χ0v) is 19.4. The molecule has 2 fully saturated rings. The molecule has 3 heterocycles. The number of benzene rings is 1. The largest absolute Gasteiger partial charge is 0.372 e. The third-order valence-electron chi connectivity index (χ3n) is 6.33. The summed E-state index contributed by atoms with van der Waals surface area (Å²) in [5.41, 5.74) is 7.82. The van der Waals surface area contributed by atoms with Crippen molar-refractivity contribution in [3.8, 4) is 0 Å². The van der Waals surface area contributed by atoms with Crippen LogP contribution in [0.3, 0.4) is 0 Å². The molecule has 2 aromatic rings. The van der Waals surface area contributed by atoms with Crippen molar-refractivity contribution in [1.29, 1.82) is 0 Å². The van der Waals surface area contributed by atoms with Gasteiger partial charge >= 0.3 is 0 Å². The second-order valence-corrected chi connectivity index (χ2v) is 9.17. The minimum Gasteiger partial charge on any atom is -0.372 e. The van der Waals surface area contributed by atoms with E-state index in [1.165, 1.54) is 0 Å². The Morgan fingerprint density at radius 3 is 2.48 bits per heavy atom. The van der Waals surface area contributed by atoms with E-state index in [1.807, 2.05) is 30.3 Å². The van der Waals surface area contributed by atoms with Crippen LogP contribution in [-0.2, 0) is 16.1 Å². The van der Waals surface area contributed by atoms with E-state index in [2.05, 4.69) is 40.0 Å². The molecule has 0 bridgehead atoms. The van der Waals surface area contributed by atoms with E-state index in [9.17, 15) is 9.59 Å². The van der Waals surface area contributed by atoms with E-state index in [-0.39, 0.29) is 29.9 Å². The summed E-state index contributed by atoms with van der Waals surface area (Å²) in [6, 6.07) is 11.6. The first-order valence-electron chi connectivity index (χ1n) is 11.7. The van der Waals surface area contributed by atoms with Crippen molar-refractivity contribution in [1.82, 2.24) is 9.88 Å². The van der Waals surface area contributed by atoms with E-state index in [4.69, 9.17) is 10.5 Å². The van der Waals surface area contributed by atoms with Gasteiger partial charge in [-0.15, -0.1) is 0 Å². The molecule has 2 aliphatic rings. The van der Waals surface area contributed by atoms with Crippen molar-refractivity contribution in [2.75, 3.05) is 36.4 Å². The second kappa shape index (κ2) is 10.3. The van der Waals surface area contributed by atoms with E-state index in [0.29, 0.717) is 5.56 Å². The fraction of sp³-hybridized carbons (Fsp3) is 0.480. The van der Waals surface area contributed by atoms with Crippen molar-refractivity contribution in [2.45, 2.75) is 45.4 Å². The standard InChI is InChI=1S/C25H33N5O3/c1-17-14-30(15-18(2)33-17)23-7-6-21(13-27-23)25(32)28-22-5-3-4-19(12-22)16-29-10-8-20(9-11-29)24(26)31/h3-7,12-13,17-18,20H,8-11,14-16H2,1-2H3,(H2,26,31)(H,28,32)/t17-,18-/m0/s1. The molecule has 0 spiro atoms. The van der Waals surface area contributed by atoms with Crippen LogP contribution in [0.5, 0.6) is 0 Å². The Kier molecular flexibility index (Phi) is 7.25. The van der Waals surface area contributed by atoms with Gasteiger partial charge in [0.05, 0.1) is 17.8 Å². The number of rotatable bonds is 6. The normalized spacial score (nSPS) is 22.2. The van der Waals surface area contributed by atoms with Crippen LogP contribution >= 0.6 is 0 Å². The lowest BCUT2D eigenvalue weighted by Crippen LogP contribution is -2.45. The third kappa shape index (κ3) is 6.09. The number of pyridine rings is 1. The van der Waals surface area contributed by atoms with Gasteiger partial charge in [0.1, 0.15) is 5.82 Å². The molecule has 176 valence electrons. The minimum atomic E-state index is -0.198. The van der Waals surface area contributed by atoms with E-state index in [0.717, 1.165) is 62.6 Å². The lowest BCUT2D eigenvalue weighted by Gasteiger charge is -2.36. The number of nitrogens with zero attached hydrogens (tertiary/aromatic N) is 3. The number of aromatic nitrogens is 1. The van der Waals surface area contributed by atoms with E-state index < -0.39 is 0 Å². The molecule has 1 aromatic heterocycles. The molecule has 2 saturated heterocycles. The molecule has 2 atom stereocenters. The monoisotopic (exact) mass is 451 g/mol. The summed E-state index contributed by atoms with van der Waals surface area (Å²) in [6.07, 6.45) is 3.54. The Labute approximate surface area is 195 Å². The van der Waals surface area contributed by atoms with Crippen LogP contribution in [0.15, 0.2) is 42.6 Å². The van der Waals surface area contributed by atoms with Gasteiger partial charge in [-0.3, -0.25) is 14.5 Å². The molecular formula is C25H33N5O3. The average molecular weight is 452 g/mol. The Balaban J connectivity index is 1.33. The van der Waals surface area contributed by atoms with Gasteiger partial charge in [-0.1, -0.05) is 12.1 Å². The number of anilines is 2. The first kappa shape index (κ1) is 23.2. The maximum Gasteiger partial charge on any atom is 0.257 e. The molecular weight excluding hydrogens is 418 g/mol. The summed E-state index contributed by atoms with van der Waals surface area (Å²) >= 11 is 0. The van der Waals surface area contributed by atoms with Gasteiger partial charge in [-0.2, -0.15) is 0 Å². The zero-order valence-electron chi connectivity index (χ0n) is 19.4. The van der Waals surface area contributed by atoms with Gasteiger partial charge in [0.25, 0.3) is 5.91 Å². The quantitative estimate of drug-likeness (QED) is 0.700. The number of morpholine rings is 1. The third-order valence-corrected chi connectivity index (χ3v) is 6.33. The highest BCUT2D eigenvalue weighted by atomic mass is 16.5. The van der Waals surface area contributed by atoms with Crippen LogP contribution in [0.25, 0.3) is 0 Å². The Morgan fingerprint density at radius 2 is 1.85 bits per heavy atom. The molecule has 0 saturated carbocycles. The van der Waals surface area contributed by atoms with Crippen molar-refractivity contribution < 1.29 is 14.3 Å². The van der Waals surface area contributed by atoms with E-state index >= 15 is 0 Å². The van der Waals surface area contributed by atoms with Crippen LogP contribution in [0.2, 0.25) is 0 Å². The zero-order chi connectivity index (χ0) is 23.4. The molecule has 8 nitrogen and oxygen atoms in total. The van der Waals surface area contributed by atoms with Crippen molar-refractivity contribution in [3.05, 3.63) is 53.7 Å². The number of likely N-dealkylation sites (tertiary alicyclic amines) is 1. The molecule has 3 N–H and O–H groups in total. The highest BCUT2D eigenvalue weighted by Gasteiger charge is 2.24. The van der Waals surface area contributed by atoms with Gasteiger partial charge in [-0.05, 0) is 69.6 Å². The lowest BCUT2D eigenvalue weighted by atomic mass is 9.96. The number of amides is 2. The number of hydrogen-bond donors (Lipinski definition) is 2. The van der Waals surface area contributed by atoms with Crippen LogP contribution in [0.4, 0.5) is 11.5 Å². The number of carbonyl (C=O) groups excluding carboxylic acids is 2. The Bertz CT molecular complexity index is 962. The number of primary amides is 1. The van der Waals surface area contributed by atoms with Crippen LogP contribution in [0.1, 0.15) is 42.6 Å². The SMILES string of the molecule is C[C@H]1CN(c2ccc(C(=O)Nc3cccc(CN4CCC(C(N)=O)CC4)c3)cn2)C[C@H](C)O1. The topological polar surface area (TPSA) is 101 Å². The first-order valence-corrected chi connectivity index (χ1v) is 11.7. The molecule has 2 aliphatic heterocycles. The number of nitrogens with two attached hydrogens (primary N) is 1. The summed E-state index contributed by atoms with van der Waals surface area (Å²) in [6.45, 7) is 8.17. The predicted octanol–water partition coefficient (Wildman–Crippen LogP) is 2.64. The Morgan fingerprint density at radius 1 is 1.12 bits per heavy atom. The molecule has 0 radical (unpaired) electrons. The molecule has 8 heteroatoms. The van der Waals surface area contributed by atoms with E-state index in [1.54, 1.807) is 6.20 Å². The van der Waals surface area contributed by atoms with Crippen LogP contribution in [-0.4, -0.2) is 60.1 Å². The van der Waals surface area contributed by atoms with Crippen molar-refractivity contribution >= 4 is 23.3 Å². The van der Waals surface area contributed by atoms with Crippen molar-refractivity contribution in [3.63, 3.8) is 0 Å². The van der Waals surface area contributed by atoms with Gasteiger partial charge < -0.3 is 20.7 Å². The fourth-order valence-corrected chi connectivity index (χ4v) is 4.66. The van der Waals surface area contributed by atoms with Gasteiger partial charge in [0, 0.05) is 37.4 Å². The predicted molar refractivity (Wildman–Crippen MR) is 128 cm³/mol. The summed E-state index contributed by atoms with van der Waals surface area (Å²) in [4.78, 5) is 33.2. The second-order valence-electron chi connectivity index (χ2n) is 9.17. The molecule has 33 heavy (non-hydrogen) atoms. The van der Waals surface area contributed by atoms with Gasteiger partial charge in [0.2, 0.25) is 5.91 Å². The molecule has 0 unspecified atom stereocenters. The van der Waals surface area contributed by atoms with Crippen molar-refractivity contribution in [2.24, 2.45) is 11.7 Å². The summed E-state index contributed by atoms with van der Waals surface area (Å²) in [7, 11) is 0. The summed E-state index contributed by atoms with van der Waals surface area (Å²) in [5, 5.41) is 2.98. The molecule has 0 aliphatic carbocycles. The number of hydrogen-bond acceptors (Lipinski definition) is 6. The average Bonchev–Trinajstić information content (AvgIpc) is 2.79. The summed E-state index contributed by atoms with van der Waals surface area (Å²) < 4.78 is 5.78. The minimum absolute atomic E-state index is 0.0121. The lowest BCUT2D eigenvalue weighted by molar-refractivity contribution is -0.123. The highest BCUT2D eigenvalue weighted by Crippen LogP contribution is 2.21. The van der Waals surface area contributed by atoms with Gasteiger partial charge in [-0.25, -0.2) is 4.98 Å². The van der Waals surface area contributed by atoms with Crippen LogP contribution < -0.4 is 16.0 Å². The fourth-order valence-electron chi connectivity index (χ4n) is 4.66. The number of piperidine rings is 1. The number of nitrogens with one attached hydrogen (secondary N) is 1. The molecule has 1 aromatic carbocycles. The Hall–Kier alpha value is -2.97. The number of ether oxygens (including phenoxy) is 1. The smallest absolute Gasteiger partial charge is 0.257 e. The molecule has 4 rings (SSSR count). The molecule has 2 amide bonds. The summed E-state index contributed by atoms with van der Waals surface area (Å²) in [5.74, 6) is 0.464. The number of carbonyl (C=O) groups is 2. The van der Waals surface area contributed by atoms with Gasteiger partial charge in [0.15, 0.2) is 0 Å². The highest BCUT2D eigenvalue weighted by molar-refractivity contribution is 6.04. The maximum absolute atomic E-state index is 12.8. The van der Waals surface area contributed by atoms with Crippen LogP contribution in [0, 0.1) is 5.92 Å².